The maximum Gasteiger partial charge on any atom is 0.301 e. The van der Waals surface area contributed by atoms with Crippen LogP contribution in [0.3, 0.4) is 0 Å². The molecule has 1 saturated heterocycles. The van der Waals surface area contributed by atoms with Crippen LogP contribution >= 0.6 is 23.1 Å². The van der Waals surface area contributed by atoms with Crippen molar-refractivity contribution in [1.82, 2.24) is 10.2 Å². The summed E-state index contributed by atoms with van der Waals surface area (Å²) in [5, 5.41) is 20.6. The number of aliphatic hydroxyl groups excluding tert-OH is 1. The third-order valence-electron chi connectivity index (χ3n) is 7.27. The van der Waals surface area contributed by atoms with Crippen molar-refractivity contribution >= 4 is 45.7 Å². The largest absolute Gasteiger partial charge is 0.507 e. The van der Waals surface area contributed by atoms with E-state index in [0.29, 0.717) is 26.4 Å². The lowest BCUT2D eigenvalue weighted by atomic mass is 9.85. The summed E-state index contributed by atoms with van der Waals surface area (Å²) < 4.78 is 0.693. The smallest absolute Gasteiger partial charge is 0.301 e. The van der Waals surface area contributed by atoms with Gasteiger partial charge in [-0.1, -0.05) is 116 Å². The second-order valence-corrected chi connectivity index (χ2v) is 13.7. The first-order valence-electron chi connectivity index (χ1n) is 13.4. The van der Waals surface area contributed by atoms with Crippen LogP contribution < -0.4 is 4.90 Å². The summed E-state index contributed by atoms with van der Waals surface area (Å²) in [7, 11) is 0. The lowest BCUT2D eigenvalue weighted by Gasteiger charge is -2.24. The Balaban J connectivity index is 1.57. The number of anilines is 1. The predicted octanol–water partition coefficient (Wildman–Crippen LogP) is 7.68. The number of carbonyl (C=O) groups excluding carboxylic acids is 2. The first-order chi connectivity index (χ1) is 19.4. The summed E-state index contributed by atoms with van der Waals surface area (Å²) in [6, 6.07) is 21.0. The number of Topliss-reactive ketones (excluding diaryl/α,β-unsaturated/α-hetero) is 1. The molecule has 1 amide bonds. The van der Waals surface area contributed by atoms with E-state index in [1.54, 1.807) is 0 Å². The second-order valence-electron chi connectivity index (χ2n) is 11.5. The Morgan fingerprint density at radius 2 is 1.59 bits per heavy atom. The van der Waals surface area contributed by atoms with E-state index in [4.69, 9.17) is 0 Å². The summed E-state index contributed by atoms with van der Waals surface area (Å²) in [6.07, 6.45) is 0. The molecule has 3 aromatic carbocycles. The van der Waals surface area contributed by atoms with Crippen molar-refractivity contribution in [1.29, 1.82) is 0 Å². The number of amides is 1. The number of benzene rings is 3. The van der Waals surface area contributed by atoms with E-state index in [1.165, 1.54) is 33.6 Å². The molecule has 1 unspecified atom stereocenters. The van der Waals surface area contributed by atoms with Crippen LogP contribution in [0.4, 0.5) is 5.13 Å². The van der Waals surface area contributed by atoms with Crippen molar-refractivity contribution in [2.24, 2.45) is 0 Å². The zero-order chi connectivity index (χ0) is 29.5. The Morgan fingerprint density at radius 3 is 2.24 bits per heavy atom. The molecule has 1 aliphatic rings. The Hall–Kier alpha value is -3.75. The molecule has 1 aliphatic heterocycles. The number of thioether (sulfide) groups is 1. The molecule has 4 aromatic rings. The van der Waals surface area contributed by atoms with Gasteiger partial charge in [-0.2, -0.15) is 0 Å². The molecule has 0 spiro atoms. The number of aryl methyl sites for hydroxylation is 3. The summed E-state index contributed by atoms with van der Waals surface area (Å²) >= 11 is 2.80. The highest BCUT2D eigenvalue weighted by Gasteiger charge is 2.48. The van der Waals surface area contributed by atoms with Gasteiger partial charge in [0, 0.05) is 11.3 Å². The molecule has 2 heterocycles. The van der Waals surface area contributed by atoms with Gasteiger partial charge in [0.1, 0.15) is 5.76 Å². The van der Waals surface area contributed by atoms with Crippen molar-refractivity contribution in [3.05, 3.63) is 111 Å². The molecule has 0 saturated carbocycles. The summed E-state index contributed by atoms with van der Waals surface area (Å²) in [5.41, 5.74) is 6.47. The summed E-state index contributed by atoms with van der Waals surface area (Å²) in [4.78, 5) is 28.6. The highest BCUT2D eigenvalue weighted by Crippen LogP contribution is 2.44. The molecule has 41 heavy (non-hydrogen) atoms. The Bertz CT molecular complexity index is 1650. The number of nitrogens with zero attached hydrogens (tertiary/aromatic N) is 3. The number of rotatable bonds is 6. The van der Waals surface area contributed by atoms with Crippen molar-refractivity contribution in [2.45, 2.75) is 63.1 Å². The zero-order valence-electron chi connectivity index (χ0n) is 24.1. The van der Waals surface area contributed by atoms with Gasteiger partial charge in [-0.15, -0.1) is 10.2 Å². The fourth-order valence-corrected chi connectivity index (χ4v) is 6.66. The lowest BCUT2D eigenvalue weighted by molar-refractivity contribution is -0.132. The third-order valence-corrected chi connectivity index (χ3v) is 9.40. The van der Waals surface area contributed by atoms with Gasteiger partial charge >= 0.3 is 5.91 Å². The number of hydrogen-bond acceptors (Lipinski definition) is 7. The Morgan fingerprint density at radius 1 is 0.927 bits per heavy atom. The maximum atomic E-state index is 13.6. The van der Waals surface area contributed by atoms with Crippen molar-refractivity contribution < 1.29 is 14.7 Å². The van der Waals surface area contributed by atoms with E-state index in [0.717, 1.165) is 22.3 Å². The number of ketones is 1. The maximum absolute atomic E-state index is 13.6. The quantitative estimate of drug-likeness (QED) is 0.0824. The minimum absolute atomic E-state index is 0.0521. The highest BCUT2D eigenvalue weighted by molar-refractivity contribution is 8.00. The average Bonchev–Trinajstić information content (AvgIpc) is 3.51. The first kappa shape index (κ1) is 28.8. The number of hydrogen-bond donors (Lipinski definition) is 1. The van der Waals surface area contributed by atoms with E-state index < -0.39 is 17.7 Å². The van der Waals surface area contributed by atoms with Crippen LogP contribution in [-0.4, -0.2) is 27.0 Å². The van der Waals surface area contributed by atoms with Gasteiger partial charge < -0.3 is 5.11 Å². The van der Waals surface area contributed by atoms with Crippen LogP contribution in [0.1, 0.15) is 65.8 Å². The standard InChI is InChI=1S/C33H33N3O3S2/c1-19-8-11-22(12-9-19)18-40-32-35-34-31(41-32)36-27(23-13-15-24(16-14-23)33(4,5)6)26(29(38)30(36)39)28(37)25-17-20(2)7-10-21(25)3/h7-17,27,37H,18H2,1-6H3/b28-26+. The second kappa shape index (κ2) is 11.3. The van der Waals surface area contributed by atoms with Crippen LogP contribution in [0.2, 0.25) is 0 Å². The molecule has 0 bridgehead atoms. The summed E-state index contributed by atoms with van der Waals surface area (Å²) in [5.74, 6) is -0.946. The van der Waals surface area contributed by atoms with Crippen LogP contribution in [-0.2, 0) is 20.8 Å². The Kier molecular flexibility index (Phi) is 7.90. The van der Waals surface area contributed by atoms with Crippen LogP contribution in [0.5, 0.6) is 0 Å². The van der Waals surface area contributed by atoms with Gasteiger partial charge in [-0.25, -0.2) is 0 Å². The average molecular weight is 584 g/mol. The fraction of sp³-hybridized carbons (Fsp3) is 0.273. The van der Waals surface area contributed by atoms with Gasteiger partial charge in [0.05, 0.1) is 11.6 Å². The number of aromatic nitrogens is 2. The van der Waals surface area contributed by atoms with E-state index in [-0.39, 0.29) is 16.7 Å². The number of aliphatic hydroxyl groups is 1. The third kappa shape index (κ3) is 5.85. The molecule has 210 valence electrons. The van der Waals surface area contributed by atoms with Gasteiger partial charge in [0.15, 0.2) is 4.34 Å². The minimum Gasteiger partial charge on any atom is -0.507 e. The van der Waals surface area contributed by atoms with Gasteiger partial charge in [0.25, 0.3) is 5.78 Å². The van der Waals surface area contributed by atoms with Crippen molar-refractivity contribution in [2.75, 3.05) is 4.90 Å². The van der Waals surface area contributed by atoms with E-state index in [9.17, 15) is 14.7 Å². The number of carbonyl (C=O) groups is 2. The Labute approximate surface area is 249 Å². The first-order valence-corrected chi connectivity index (χ1v) is 15.2. The van der Waals surface area contributed by atoms with Gasteiger partial charge in [-0.3, -0.25) is 14.5 Å². The van der Waals surface area contributed by atoms with E-state index in [1.807, 2.05) is 56.3 Å². The molecule has 1 fully saturated rings. The summed E-state index contributed by atoms with van der Waals surface area (Å²) in [6.45, 7) is 12.2. The predicted molar refractivity (Wildman–Crippen MR) is 166 cm³/mol. The van der Waals surface area contributed by atoms with Crippen molar-refractivity contribution in [3.8, 4) is 0 Å². The van der Waals surface area contributed by atoms with Crippen LogP contribution in [0.15, 0.2) is 76.6 Å². The molecule has 5 rings (SSSR count). The molecule has 1 atom stereocenters. The van der Waals surface area contributed by atoms with Gasteiger partial charge in [0.2, 0.25) is 5.13 Å². The highest BCUT2D eigenvalue weighted by atomic mass is 32.2. The molecule has 8 heteroatoms. The molecule has 1 aromatic heterocycles. The van der Waals surface area contributed by atoms with E-state index in [2.05, 4.69) is 62.2 Å². The molecule has 1 N–H and O–H groups in total. The molecular formula is C33H33N3O3S2. The van der Waals surface area contributed by atoms with Crippen LogP contribution in [0.25, 0.3) is 5.76 Å². The topological polar surface area (TPSA) is 83.4 Å². The van der Waals surface area contributed by atoms with Crippen molar-refractivity contribution in [3.63, 3.8) is 0 Å². The zero-order valence-corrected chi connectivity index (χ0v) is 25.7. The monoisotopic (exact) mass is 583 g/mol. The SMILES string of the molecule is Cc1ccc(CSc2nnc(N3C(=O)C(=O)/C(=C(/O)c4cc(C)ccc4C)C3c3ccc(C(C)(C)C)cc3)s2)cc1. The van der Waals surface area contributed by atoms with Crippen LogP contribution in [0, 0.1) is 20.8 Å². The van der Waals surface area contributed by atoms with E-state index >= 15 is 0 Å². The minimum atomic E-state index is -0.841. The molecule has 6 nitrogen and oxygen atoms in total. The molecule has 0 radical (unpaired) electrons. The van der Waals surface area contributed by atoms with Gasteiger partial charge in [-0.05, 0) is 54.5 Å². The normalized spacial score (nSPS) is 16.9. The fourth-order valence-electron chi connectivity index (χ4n) is 4.83. The molecule has 0 aliphatic carbocycles. The molecular weight excluding hydrogens is 551 g/mol. The lowest BCUT2D eigenvalue weighted by Crippen LogP contribution is -2.29.